The Morgan fingerprint density at radius 2 is 2.00 bits per heavy atom. The number of carboxylic acids is 1. The summed E-state index contributed by atoms with van der Waals surface area (Å²) in [6.45, 7) is 1.01. The number of nitrogens with zero attached hydrogens (tertiary/aromatic N) is 3. The normalized spacial score (nSPS) is 20.0. The van der Waals surface area contributed by atoms with E-state index < -0.39 is 5.97 Å². The highest BCUT2D eigenvalue weighted by molar-refractivity contribution is 5.87. The molecule has 1 fully saturated rings. The minimum absolute atomic E-state index is 0.129. The highest BCUT2D eigenvalue weighted by atomic mass is 16.5. The van der Waals surface area contributed by atoms with Gasteiger partial charge in [0.05, 0.1) is 18.2 Å². The van der Waals surface area contributed by atoms with Gasteiger partial charge in [-0.25, -0.2) is 4.79 Å². The minimum Gasteiger partial charge on any atom is -0.486 e. The molecule has 0 saturated carbocycles. The molecule has 2 N–H and O–H groups in total. The second-order valence-corrected chi connectivity index (χ2v) is 5.66. The van der Waals surface area contributed by atoms with Crippen molar-refractivity contribution in [3.8, 4) is 5.75 Å². The first kappa shape index (κ1) is 16.9. The first-order chi connectivity index (χ1) is 12.1. The van der Waals surface area contributed by atoms with E-state index in [1.54, 1.807) is 16.7 Å². The number of benzene rings is 1. The van der Waals surface area contributed by atoms with Crippen LogP contribution in [0.3, 0.4) is 0 Å². The third-order valence-corrected chi connectivity index (χ3v) is 3.83. The molecule has 2 atom stereocenters. The number of nitrogens with one attached hydrogen (secondary N) is 1. The quantitative estimate of drug-likeness (QED) is 0.774. The largest absolute Gasteiger partial charge is 0.486 e. The summed E-state index contributed by atoms with van der Waals surface area (Å²) in [6.07, 6.45) is 3.23. The molecule has 3 rings (SSSR count). The van der Waals surface area contributed by atoms with Crippen molar-refractivity contribution in [2.75, 3.05) is 13.2 Å². The van der Waals surface area contributed by atoms with Crippen LogP contribution >= 0.6 is 0 Å². The van der Waals surface area contributed by atoms with Crippen molar-refractivity contribution in [2.45, 2.75) is 25.1 Å². The molecule has 1 amide bonds. The van der Waals surface area contributed by atoms with Crippen LogP contribution in [-0.2, 0) is 16.1 Å². The van der Waals surface area contributed by atoms with E-state index in [9.17, 15) is 9.59 Å². The van der Waals surface area contributed by atoms with E-state index in [-0.39, 0.29) is 30.2 Å². The Balaban J connectivity index is 1.60. The SMILES string of the molecule is O=C(Cn1cnnc1)N[C@@H]1CCOC[C@H]1Oc1ccc(C(=O)O)cc1. The van der Waals surface area contributed by atoms with Crippen LogP contribution in [0.25, 0.3) is 0 Å². The van der Waals surface area contributed by atoms with Crippen LogP contribution in [-0.4, -0.2) is 57.1 Å². The van der Waals surface area contributed by atoms with Crippen LogP contribution < -0.4 is 10.1 Å². The second kappa shape index (κ2) is 7.75. The third-order valence-electron chi connectivity index (χ3n) is 3.83. The lowest BCUT2D eigenvalue weighted by molar-refractivity contribution is -0.124. The number of carbonyl (C=O) groups excluding carboxylic acids is 1. The van der Waals surface area contributed by atoms with Gasteiger partial charge in [-0.1, -0.05) is 0 Å². The standard InChI is InChI=1S/C16H18N4O5/c21-15(7-20-9-17-18-10-20)19-13-5-6-24-8-14(13)25-12-3-1-11(2-4-12)16(22)23/h1-4,9-10,13-14H,5-8H2,(H,19,21)(H,22,23)/t13-,14-/m1/s1. The Kier molecular flexibility index (Phi) is 5.24. The van der Waals surface area contributed by atoms with Crippen molar-refractivity contribution in [3.63, 3.8) is 0 Å². The number of aromatic nitrogens is 3. The van der Waals surface area contributed by atoms with Gasteiger partial charge in [0.25, 0.3) is 0 Å². The van der Waals surface area contributed by atoms with Crippen molar-refractivity contribution >= 4 is 11.9 Å². The number of amides is 1. The van der Waals surface area contributed by atoms with Crippen LogP contribution in [0, 0.1) is 0 Å². The van der Waals surface area contributed by atoms with E-state index in [0.717, 1.165) is 0 Å². The number of aromatic carboxylic acids is 1. The van der Waals surface area contributed by atoms with Gasteiger partial charge in [0.1, 0.15) is 31.1 Å². The lowest BCUT2D eigenvalue weighted by Crippen LogP contribution is -2.52. The fourth-order valence-corrected chi connectivity index (χ4v) is 2.57. The van der Waals surface area contributed by atoms with Crippen molar-refractivity contribution in [1.29, 1.82) is 0 Å². The summed E-state index contributed by atoms with van der Waals surface area (Å²) < 4.78 is 12.9. The molecule has 9 heteroatoms. The van der Waals surface area contributed by atoms with Gasteiger partial charge in [0.2, 0.25) is 5.91 Å². The lowest BCUT2D eigenvalue weighted by atomic mass is 10.1. The molecule has 9 nitrogen and oxygen atoms in total. The van der Waals surface area contributed by atoms with Crippen LogP contribution in [0.15, 0.2) is 36.9 Å². The van der Waals surface area contributed by atoms with E-state index >= 15 is 0 Å². The number of rotatable bonds is 6. The van der Waals surface area contributed by atoms with Gasteiger partial charge >= 0.3 is 5.97 Å². The Hall–Kier alpha value is -2.94. The number of ether oxygens (including phenoxy) is 2. The first-order valence-electron chi connectivity index (χ1n) is 7.81. The van der Waals surface area contributed by atoms with E-state index in [4.69, 9.17) is 14.6 Å². The second-order valence-electron chi connectivity index (χ2n) is 5.66. The summed E-state index contributed by atoms with van der Waals surface area (Å²) >= 11 is 0. The van der Waals surface area contributed by atoms with Gasteiger partial charge in [-0.2, -0.15) is 0 Å². The zero-order chi connectivity index (χ0) is 17.6. The fraction of sp³-hybridized carbons (Fsp3) is 0.375. The topological polar surface area (TPSA) is 116 Å². The lowest BCUT2D eigenvalue weighted by Gasteiger charge is -2.32. The van der Waals surface area contributed by atoms with Gasteiger partial charge in [0.15, 0.2) is 0 Å². The monoisotopic (exact) mass is 346 g/mol. The van der Waals surface area contributed by atoms with Gasteiger partial charge in [-0.3, -0.25) is 4.79 Å². The maximum Gasteiger partial charge on any atom is 0.335 e. The van der Waals surface area contributed by atoms with E-state index in [1.165, 1.54) is 24.8 Å². The average Bonchev–Trinajstić information content (AvgIpc) is 3.10. The molecule has 1 aromatic carbocycles. The van der Waals surface area contributed by atoms with Gasteiger partial charge < -0.3 is 24.5 Å². The van der Waals surface area contributed by atoms with Crippen LogP contribution in [0.5, 0.6) is 5.75 Å². The molecule has 1 aliphatic rings. The Labute approximate surface area is 143 Å². The van der Waals surface area contributed by atoms with Crippen molar-refractivity contribution < 1.29 is 24.2 Å². The van der Waals surface area contributed by atoms with E-state index in [2.05, 4.69) is 15.5 Å². The number of carbonyl (C=O) groups is 2. The van der Waals surface area contributed by atoms with Crippen LogP contribution in [0.1, 0.15) is 16.8 Å². The predicted molar refractivity (Wildman–Crippen MR) is 85.2 cm³/mol. The molecule has 1 aromatic heterocycles. The summed E-state index contributed by atoms with van der Waals surface area (Å²) in [6, 6.07) is 5.93. The number of hydrogen-bond acceptors (Lipinski definition) is 6. The van der Waals surface area contributed by atoms with Gasteiger partial charge in [0, 0.05) is 6.61 Å². The predicted octanol–water partition coefficient (Wildman–Crippen LogP) is 0.329. The van der Waals surface area contributed by atoms with E-state index in [0.29, 0.717) is 25.4 Å². The van der Waals surface area contributed by atoms with Crippen LogP contribution in [0.2, 0.25) is 0 Å². The fourth-order valence-electron chi connectivity index (χ4n) is 2.57. The highest BCUT2D eigenvalue weighted by Crippen LogP contribution is 2.18. The molecule has 0 unspecified atom stereocenters. The molecule has 1 aliphatic heterocycles. The first-order valence-corrected chi connectivity index (χ1v) is 7.81. The average molecular weight is 346 g/mol. The van der Waals surface area contributed by atoms with Crippen molar-refractivity contribution in [3.05, 3.63) is 42.5 Å². The Bertz CT molecular complexity index is 717. The molecule has 25 heavy (non-hydrogen) atoms. The maximum atomic E-state index is 12.1. The summed E-state index contributed by atoms with van der Waals surface area (Å²) in [4.78, 5) is 23.0. The van der Waals surface area contributed by atoms with Gasteiger partial charge in [-0.05, 0) is 30.7 Å². The van der Waals surface area contributed by atoms with Gasteiger partial charge in [-0.15, -0.1) is 10.2 Å². The zero-order valence-corrected chi connectivity index (χ0v) is 13.4. The summed E-state index contributed by atoms with van der Waals surface area (Å²) in [5, 5.41) is 19.2. The molecule has 0 radical (unpaired) electrons. The summed E-state index contributed by atoms with van der Waals surface area (Å²) in [7, 11) is 0. The number of carboxylic acid groups (broad SMARTS) is 1. The Morgan fingerprint density at radius 3 is 2.68 bits per heavy atom. The summed E-state index contributed by atoms with van der Waals surface area (Å²) in [5.74, 6) is -0.633. The molecule has 1 saturated heterocycles. The zero-order valence-electron chi connectivity index (χ0n) is 13.4. The molecule has 0 spiro atoms. The molecule has 0 aliphatic carbocycles. The van der Waals surface area contributed by atoms with Crippen molar-refractivity contribution in [1.82, 2.24) is 20.1 Å². The van der Waals surface area contributed by atoms with Crippen molar-refractivity contribution in [2.24, 2.45) is 0 Å². The molecular formula is C16H18N4O5. The van der Waals surface area contributed by atoms with Crippen LogP contribution in [0.4, 0.5) is 0 Å². The molecule has 2 aromatic rings. The smallest absolute Gasteiger partial charge is 0.335 e. The van der Waals surface area contributed by atoms with E-state index in [1.807, 2.05) is 0 Å². The highest BCUT2D eigenvalue weighted by Gasteiger charge is 2.29. The molecule has 132 valence electrons. The molecule has 2 heterocycles. The maximum absolute atomic E-state index is 12.1. The third kappa shape index (κ3) is 4.54. The number of hydrogen-bond donors (Lipinski definition) is 2. The Morgan fingerprint density at radius 1 is 1.28 bits per heavy atom. The molecular weight excluding hydrogens is 328 g/mol. The minimum atomic E-state index is -0.994. The molecule has 0 bridgehead atoms. The summed E-state index contributed by atoms with van der Waals surface area (Å²) in [5.41, 5.74) is 0.186.